The van der Waals surface area contributed by atoms with Gasteiger partial charge in [-0.1, -0.05) is 12.1 Å². The summed E-state index contributed by atoms with van der Waals surface area (Å²) in [4.78, 5) is 23.1. The molecule has 6 nitrogen and oxygen atoms in total. The summed E-state index contributed by atoms with van der Waals surface area (Å²) in [6.07, 6.45) is 0.222. The normalized spacial score (nSPS) is 11.2. The third-order valence-electron chi connectivity index (χ3n) is 2.67. The fraction of sp³-hybridized carbons (Fsp3) is 0.357. The maximum atomic E-state index is 11.8. The molecule has 0 saturated carbocycles. The van der Waals surface area contributed by atoms with Gasteiger partial charge in [0.15, 0.2) is 6.61 Å². The van der Waals surface area contributed by atoms with Crippen LogP contribution in [0.15, 0.2) is 24.3 Å². The van der Waals surface area contributed by atoms with Crippen LogP contribution in [0.3, 0.4) is 0 Å². The average molecular weight is 275 g/mol. The van der Waals surface area contributed by atoms with Crippen LogP contribution in [-0.4, -0.2) is 25.0 Å². The largest absolute Gasteiger partial charge is 0.455 e. The van der Waals surface area contributed by atoms with Crippen LogP contribution in [0.2, 0.25) is 0 Å². The molecule has 0 aliphatic rings. The van der Waals surface area contributed by atoms with Crippen molar-refractivity contribution in [3.05, 3.63) is 29.8 Å². The monoisotopic (exact) mass is 275 g/mol. The quantitative estimate of drug-likeness (QED) is 0.456. The number of benzene rings is 1. The second kappa shape index (κ2) is 7.79. The number of carbonyl (C=O) groups excluding carboxylic acids is 2. The number of hydrogen-bond acceptors (Lipinski definition) is 5. The number of nitrogens with two attached hydrogens (primary N) is 1. The highest BCUT2D eigenvalue weighted by atomic mass is 16.5. The van der Waals surface area contributed by atoms with Crippen molar-refractivity contribution in [1.82, 2.24) is 5.32 Å². The van der Waals surface area contributed by atoms with Gasteiger partial charge in [-0.05, 0) is 24.6 Å². The molecule has 1 unspecified atom stereocenters. The van der Waals surface area contributed by atoms with Crippen LogP contribution < -0.4 is 11.1 Å². The lowest BCUT2D eigenvalue weighted by Gasteiger charge is -2.12. The predicted molar refractivity (Wildman–Crippen MR) is 73.5 cm³/mol. The number of nitrogens with one attached hydrogen (secondary N) is 1. The number of nitrogens with zero attached hydrogens (tertiary/aromatic N) is 1. The summed E-state index contributed by atoms with van der Waals surface area (Å²) >= 11 is 0. The lowest BCUT2D eigenvalue weighted by Crippen LogP contribution is -2.30. The molecule has 1 aromatic rings. The van der Waals surface area contributed by atoms with E-state index in [0.29, 0.717) is 5.69 Å². The van der Waals surface area contributed by atoms with E-state index in [1.807, 2.05) is 6.07 Å². The van der Waals surface area contributed by atoms with Gasteiger partial charge in [-0.15, -0.1) is 0 Å². The van der Waals surface area contributed by atoms with Gasteiger partial charge in [0, 0.05) is 12.2 Å². The Morgan fingerprint density at radius 1 is 1.50 bits per heavy atom. The SMILES string of the molecule is CC(C(=O)OCC(=O)NCCC#N)c1cccc(N)c1. The Labute approximate surface area is 117 Å². The molecule has 0 saturated heterocycles. The zero-order chi connectivity index (χ0) is 15.0. The van der Waals surface area contributed by atoms with Gasteiger partial charge in [0.2, 0.25) is 0 Å². The minimum atomic E-state index is -0.495. The fourth-order valence-electron chi connectivity index (χ4n) is 1.53. The second-order valence-electron chi connectivity index (χ2n) is 4.26. The Hall–Kier alpha value is -2.55. The lowest BCUT2D eigenvalue weighted by molar-refractivity contribution is -0.149. The average Bonchev–Trinajstić information content (AvgIpc) is 2.44. The Morgan fingerprint density at radius 2 is 2.25 bits per heavy atom. The predicted octanol–water partition coefficient (Wildman–Crippen LogP) is 0.945. The number of nitrogen functional groups attached to an aromatic ring is 1. The van der Waals surface area contributed by atoms with E-state index in [2.05, 4.69) is 5.32 Å². The molecule has 0 aliphatic carbocycles. The third-order valence-corrected chi connectivity index (χ3v) is 2.67. The van der Waals surface area contributed by atoms with Crippen LogP contribution in [0.25, 0.3) is 0 Å². The zero-order valence-corrected chi connectivity index (χ0v) is 11.3. The molecule has 0 heterocycles. The lowest BCUT2D eigenvalue weighted by atomic mass is 10.0. The first kappa shape index (κ1) is 15.5. The summed E-state index contributed by atoms with van der Waals surface area (Å²) in [7, 11) is 0. The molecule has 0 fully saturated rings. The Morgan fingerprint density at radius 3 is 2.90 bits per heavy atom. The maximum absolute atomic E-state index is 11.8. The van der Waals surface area contributed by atoms with Crippen molar-refractivity contribution in [1.29, 1.82) is 5.26 Å². The number of anilines is 1. The van der Waals surface area contributed by atoms with Gasteiger partial charge in [-0.3, -0.25) is 9.59 Å². The van der Waals surface area contributed by atoms with E-state index in [9.17, 15) is 9.59 Å². The molecular formula is C14H17N3O3. The molecule has 1 rings (SSSR count). The van der Waals surface area contributed by atoms with E-state index in [-0.39, 0.29) is 19.6 Å². The highest BCUT2D eigenvalue weighted by molar-refractivity contribution is 5.83. The highest BCUT2D eigenvalue weighted by Gasteiger charge is 2.18. The summed E-state index contributed by atoms with van der Waals surface area (Å²) < 4.78 is 4.92. The first-order valence-corrected chi connectivity index (χ1v) is 6.20. The number of carbonyl (C=O) groups is 2. The van der Waals surface area contributed by atoms with Crippen LogP contribution in [0.4, 0.5) is 5.69 Å². The number of hydrogen-bond donors (Lipinski definition) is 2. The molecule has 6 heteroatoms. The second-order valence-corrected chi connectivity index (χ2v) is 4.26. The molecule has 3 N–H and O–H groups in total. The van der Waals surface area contributed by atoms with Gasteiger partial charge >= 0.3 is 5.97 Å². The minimum Gasteiger partial charge on any atom is -0.455 e. The van der Waals surface area contributed by atoms with Crippen molar-refractivity contribution >= 4 is 17.6 Å². The van der Waals surface area contributed by atoms with Crippen LogP contribution in [-0.2, 0) is 14.3 Å². The maximum Gasteiger partial charge on any atom is 0.313 e. The molecule has 106 valence electrons. The molecule has 1 atom stereocenters. The van der Waals surface area contributed by atoms with E-state index in [1.165, 1.54) is 0 Å². The van der Waals surface area contributed by atoms with Crippen molar-refractivity contribution in [3.8, 4) is 6.07 Å². The molecule has 1 aromatic carbocycles. The Bertz CT molecular complexity index is 523. The molecular weight excluding hydrogens is 258 g/mol. The fourth-order valence-corrected chi connectivity index (χ4v) is 1.53. The Balaban J connectivity index is 2.43. The van der Waals surface area contributed by atoms with E-state index < -0.39 is 17.8 Å². The number of esters is 1. The van der Waals surface area contributed by atoms with Crippen molar-refractivity contribution in [3.63, 3.8) is 0 Å². The van der Waals surface area contributed by atoms with Gasteiger partial charge in [0.05, 0.1) is 18.4 Å². The third kappa shape index (κ3) is 4.98. The van der Waals surface area contributed by atoms with Crippen LogP contribution >= 0.6 is 0 Å². The Kier molecular flexibility index (Phi) is 6.04. The van der Waals surface area contributed by atoms with Crippen LogP contribution in [0, 0.1) is 11.3 Å². The van der Waals surface area contributed by atoms with Gasteiger partial charge in [-0.2, -0.15) is 5.26 Å². The topological polar surface area (TPSA) is 105 Å². The highest BCUT2D eigenvalue weighted by Crippen LogP contribution is 2.18. The number of ether oxygens (including phenoxy) is 1. The zero-order valence-electron chi connectivity index (χ0n) is 11.3. The smallest absolute Gasteiger partial charge is 0.313 e. The molecule has 0 radical (unpaired) electrons. The van der Waals surface area contributed by atoms with Crippen molar-refractivity contribution in [2.75, 3.05) is 18.9 Å². The van der Waals surface area contributed by atoms with Gasteiger partial charge in [-0.25, -0.2) is 0 Å². The number of rotatable bonds is 6. The van der Waals surface area contributed by atoms with Gasteiger partial charge < -0.3 is 15.8 Å². The summed E-state index contributed by atoms with van der Waals surface area (Å²) in [5.74, 6) is -1.41. The van der Waals surface area contributed by atoms with E-state index >= 15 is 0 Å². The van der Waals surface area contributed by atoms with Gasteiger partial charge in [0.1, 0.15) is 0 Å². The van der Waals surface area contributed by atoms with Crippen molar-refractivity contribution in [2.24, 2.45) is 0 Å². The summed E-state index contributed by atoms with van der Waals surface area (Å²) in [5, 5.41) is 10.8. The molecule has 0 aromatic heterocycles. The number of nitriles is 1. The van der Waals surface area contributed by atoms with Gasteiger partial charge in [0.25, 0.3) is 5.91 Å². The van der Waals surface area contributed by atoms with Crippen LogP contribution in [0.5, 0.6) is 0 Å². The van der Waals surface area contributed by atoms with E-state index in [4.69, 9.17) is 15.7 Å². The summed E-state index contributed by atoms with van der Waals surface area (Å²) in [6, 6.07) is 8.84. The van der Waals surface area contributed by atoms with Crippen molar-refractivity contribution in [2.45, 2.75) is 19.3 Å². The molecule has 0 aliphatic heterocycles. The minimum absolute atomic E-state index is 0.222. The van der Waals surface area contributed by atoms with Crippen molar-refractivity contribution < 1.29 is 14.3 Å². The first-order valence-electron chi connectivity index (χ1n) is 6.20. The van der Waals surface area contributed by atoms with E-state index in [1.54, 1.807) is 31.2 Å². The molecule has 1 amide bonds. The number of amides is 1. The summed E-state index contributed by atoms with van der Waals surface area (Å²) in [5.41, 5.74) is 6.95. The molecule has 0 spiro atoms. The molecule has 20 heavy (non-hydrogen) atoms. The van der Waals surface area contributed by atoms with Crippen LogP contribution in [0.1, 0.15) is 24.8 Å². The first-order chi connectivity index (χ1) is 9.54. The molecule has 0 bridgehead atoms. The van der Waals surface area contributed by atoms with E-state index in [0.717, 1.165) is 5.56 Å². The summed E-state index contributed by atoms with van der Waals surface area (Å²) in [6.45, 7) is 1.58. The standard InChI is InChI=1S/C14H17N3O3/c1-10(11-4-2-5-12(16)8-11)14(19)20-9-13(18)17-7-3-6-15/h2,4-5,8,10H,3,7,9,16H2,1H3,(H,17,18).